The summed E-state index contributed by atoms with van der Waals surface area (Å²) in [7, 11) is 0. The van der Waals surface area contributed by atoms with Crippen LogP contribution in [0.1, 0.15) is 31.2 Å². The number of carbonyl (C=O) groups excluding carboxylic acids is 1. The lowest BCUT2D eigenvalue weighted by molar-refractivity contribution is -0.115. The molecule has 1 amide bonds. The molecule has 2 atom stereocenters. The second-order valence-corrected chi connectivity index (χ2v) is 8.90. The first-order valence-corrected chi connectivity index (χ1v) is 10.6. The van der Waals surface area contributed by atoms with E-state index < -0.39 is 0 Å². The Kier molecular flexibility index (Phi) is 6.74. The van der Waals surface area contributed by atoms with Crippen molar-refractivity contribution in [2.75, 3.05) is 11.9 Å². The van der Waals surface area contributed by atoms with E-state index in [1.807, 2.05) is 13.8 Å². The molecule has 0 aliphatic carbocycles. The molecule has 0 bridgehead atoms. The molecule has 1 saturated heterocycles. The van der Waals surface area contributed by atoms with Gasteiger partial charge in [-0.1, -0.05) is 35.0 Å². The van der Waals surface area contributed by atoms with E-state index in [-0.39, 0.29) is 17.3 Å². The first-order chi connectivity index (χ1) is 12.8. The Morgan fingerprint density at radius 3 is 2.70 bits per heavy atom. The highest BCUT2D eigenvalue weighted by Crippen LogP contribution is 2.29. The number of anilines is 1. The number of rotatable bonds is 6. The first kappa shape index (κ1) is 20.5. The van der Waals surface area contributed by atoms with Crippen molar-refractivity contribution >= 4 is 46.6 Å². The second kappa shape index (κ2) is 8.86. The third-order valence-electron chi connectivity index (χ3n) is 4.61. The molecule has 0 spiro atoms. The molecule has 0 radical (unpaired) electrons. The molecule has 8 heteroatoms. The standard InChI is InChI=1S/C19H23Cl2N3O2S/c1-11-12(2)24(10-17-5-4-6-26-17)19(22-11)27-13(3)18(25)23-16-8-14(20)7-15(21)9-16/h7-9,13,17H,4-6,10H2,1-3H3,(H,23,25)/t13-,17+/m0/s1. The SMILES string of the molecule is Cc1nc(S[C@@H](C)C(=O)Nc2cc(Cl)cc(Cl)c2)n(C[C@H]2CCCO2)c1C. The summed E-state index contributed by atoms with van der Waals surface area (Å²) in [6, 6.07) is 4.98. The minimum Gasteiger partial charge on any atom is -0.376 e. The summed E-state index contributed by atoms with van der Waals surface area (Å²) in [4.78, 5) is 17.3. The van der Waals surface area contributed by atoms with Gasteiger partial charge in [-0.2, -0.15) is 0 Å². The quantitative estimate of drug-likeness (QED) is 0.650. The van der Waals surface area contributed by atoms with Gasteiger partial charge >= 0.3 is 0 Å². The number of hydrogen-bond donors (Lipinski definition) is 1. The van der Waals surface area contributed by atoms with Gasteiger partial charge < -0.3 is 14.6 Å². The van der Waals surface area contributed by atoms with Crippen LogP contribution in [0.5, 0.6) is 0 Å². The van der Waals surface area contributed by atoms with Crippen molar-refractivity contribution in [3.8, 4) is 0 Å². The van der Waals surface area contributed by atoms with Gasteiger partial charge in [0.1, 0.15) is 0 Å². The summed E-state index contributed by atoms with van der Waals surface area (Å²) >= 11 is 13.4. The van der Waals surface area contributed by atoms with Crippen molar-refractivity contribution < 1.29 is 9.53 Å². The summed E-state index contributed by atoms with van der Waals surface area (Å²) < 4.78 is 7.93. The van der Waals surface area contributed by atoms with E-state index in [9.17, 15) is 4.79 Å². The van der Waals surface area contributed by atoms with Gasteiger partial charge in [-0.3, -0.25) is 4.79 Å². The number of ether oxygens (including phenoxy) is 1. The van der Waals surface area contributed by atoms with E-state index in [1.54, 1.807) is 18.2 Å². The predicted molar refractivity (Wildman–Crippen MR) is 111 cm³/mol. The van der Waals surface area contributed by atoms with E-state index >= 15 is 0 Å². The monoisotopic (exact) mass is 427 g/mol. The van der Waals surface area contributed by atoms with Gasteiger partial charge in [0.15, 0.2) is 5.16 Å². The number of aryl methyl sites for hydroxylation is 1. The van der Waals surface area contributed by atoms with Crippen LogP contribution in [0.4, 0.5) is 5.69 Å². The van der Waals surface area contributed by atoms with Gasteiger partial charge in [0.05, 0.1) is 23.6 Å². The summed E-state index contributed by atoms with van der Waals surface area (Å²) in [5.41, 5.74) is 2.67. The lowest BCUT2D eigenvalue weighted by atomic mass is 10.2. The number of nitrogens with one attached hydrogen (secondary N) is 1. The molecule has 1 aromatic heterocycles. The normalized spacial score (nSPS) is 17.9. The van der Waals surface area contributed by atoms with E-state index in [1.165, 1.54) is 11.8 Å². The number of aromatic nitrogens is 2. The number of halogens is 2. The lowest BCUT2D eigenvalue weighted by Gasteiger charge is -2.17. The Morgan fingerprint density at radius 2 is 2.07 bits per heavy atom. The predicted octanol–water partition coefficient (Wildman–Crippen LogP) is 5.11. The molecule has 1 N–H and O–H groups in total. The molecule has 5 nitrogen and oxygen atoms in total. The third kappa shape index (κ3) is 5.19. The van der Waals surface area contributed by atoms with Crippen molar-refractivity contribution in [2.24, 2.45) is 0 Å². The molecule has 27 heavy (non-hydrogen) atoms. The fourth-order valence-corrected chi connectivity index (χ4v) is 4.54. The Morgan fingerprint density at radius 1 is 1.37 bits per heavy atom. The van der Waals surface area contributed by atoms with Crippen LogP contribution in [0.25, 0.3) is 0 Å². The largest absolute Gasteiger partial charge is 0.376 e. The maximum Gasteiger partial charge on any atom is 0.237 e. The maximum atomic E-state index is 12.6. The summed E-state index contributed by atoms with van der Waals surface area (Å²) in [6.07, 6.45) is 2.38. The average molecular weight is 428 g/mol. The maximum absolute atomic E-state index is 12.6. The molecule has 0 unspecified atom stereocenters. The number of thioether (sulfide) groups is 1. The molecule has 1 aliphatic heterocycles. The Balaban J connectivity index is 1.70. The van der Waals surface area contributed by atoms with Gasteiger partial charge in [0, 0.05) is 28.0 Å². The Bertz CT molecular complexity index is 814. The van der Waals surface area contributed by atoms with Crippen LogP contribution < -0.4 is 5.32 Å². The fourth-order valence-electron chi connectivity index (χ4n) is 3.00. The number of nitrogens with zero attached hydrogens (tertiary/aromatic N) is 2. The van der Waals surface area contributed by atoms with Crippen LogP contribution in [0.15, 0.2) is 23.4 Å². The molecular formula is C19H23Cl2N3O2S. The second-order valence-electron chi connectivity index (χ2n) is 6.72. The highest BCUT2D eigenvalue weighted by Gasteiger charge is 2.23. The molecule has 2 aromatic rings. The Labute approximate surface area is 173 Å². The van der Waals surface area contributed by atoms with Gasteiger partial charge in [0.25, 0.3) is 0 Å². The zero-order chi connectivity index (χ0) is 19.6. The fraction of sp³-hybridized carbons (Fsp3) is 0.474. The van der Waals surface area contributed by atoms with Crippen molar-refractivity contribution in [1.82, 2.24) is 9.55 Å². The molecule has 1 aromatic carbocycles. The zero-order valence-electron chi connectivity index (χ0n) is 15.6. The van der Waals surface area contributed by atoms with Gasteiger partial charge in [-0.25, -0.2) is 4.98 Å². The zero-order valence-corrected chi connectivity index (χ0v) is 17.9. The van der Waals surface area contributed by atoms with Crippen LogP contribution in [-0.2, 0) is 16.1 Å². The topological polar surface area (TPSA) is 56.2 Å². The van der Waals surface area contributed by atoms with E-state index in [0.29, 0.717) is 15.7 Å². The van der Waals surface area contributed by atoms with Gasteiger partial charge in [-0.05, 0) is 51.8 Å². The third-order valence-corrected chi connectivity index (χ3v) is 6.14. The molecule has 2 heterocycles. The van der Waals surface area contributed by atoms with Crippen molar-refractivity contribution in [1.29, 1.82) is 0 Å². The molecule has 146 valence electrons. The van der Waals surface area contributed by atoms with Crippen molar-refractivity contribution in [3.05, 3.63) is 39.6 Å². The highest BCUT2D eigenvalue weighted by molar-refractivity contribution is 8.00. The average Bonchev–Trinajstić information content (AvgIpc) is 3.18. The van der Waals surface area contributed by atoms with E-state index in [4.69, 9.17) is 27.9 Å². The van der Waals surface area contributed by atoms with Crippen molar-refractivity contribution in [3.63, 3.8) is 0 Å². The van der Waals surface area contributed by atoms with Crippen LogP contribution >= 0.6 is 35.0 Å². The number of carbonyl (C=O) groups is 1. The number of benzene rings is 1. The van der Waals surface area contributed by atoms with E-state index in [0.717, 1.165) is 42.5 Å². The summed E-state index contributed by atoms with van der Waals surface area (Å²) in [6.45, 7) is 7.50. The molecule has 1 aliphatic rings. The minimum atomic E-state index is -0.327. The smallest absolute Gasteiger partial charge is 0.237 e. The first-order valence-electron chi connectivity index (χ1n) is 8.92. The van der Waals surface area contributed by atoms with Crippen LogP contribution in [0.2, 0.25) is 10.0 Å². The number of imidazole rings is 1. The van der Waals surface area contributed by atoms with Gasteiger partial charge in [-0.15, -0.1) is 0 Å². The van der Waals surface area contributed by atoms with Crippen LogP contribution in [0, 0.1) is 13.8 Å². The number of amides is 1. The minimum absolute atomic E-state index is 0.125. The molecule has 0 saturated carbocycles. The van der Waals surface area contributed by atoms with Gasteiger partial charge in [0.2, 0.25) is 5.91 Å². The van der Waals surface area contributed by atoms with Crippen molar-refractivity contribution in [2.45, 2.75) is 56.7 Å². The lowest BCUT2D eigenvalue weighted by Crippen LogP contribution is -2.23. The van der Waals surface area contributed by atoms with Crippen LogP contribution in [-0.4, -0.2) is 33.4 Å². The summed E-state index contributed by atoms with van der Waals surface area (Å²) in [5.74, 6) is -0.125. The summed E-state index contributed by atoms with van der Waals surface area (Å²) in [5, 5.41) is 4.35. The highest BCUT2D eigenvalue weighted by atomic mass is 35.5. The molecule has 1 fully saturated rings. The van der Waals surface area contributed by atoms with Crippen LogP contribution in [0.3, 0.4) is 0 Å². The Hall–Kier alpha value is -1.21. The molecule has 3 rings (SSSR count). The van der Waals surface area contributed by atoms with E-state index in [2.05, 4.69) is 21.8 Å². The molecular weight excluding hydrogens is 405 g/mol. The number of hydrogen-bond acceptors (Lipinski definition) is 4.